The molecule has 0 N–H and O–H groups in total. The fourth-order valence-electron chi connectivity index (χ4n) is 5.53. The third-order valence-electron chi connectivity index (χ3n) is 7.46. The maximum atomic E-state index is 8.77. The maximum absolute atomic E-state index is 8.77. The summed E-state index contributed by atoms with van der Waals surface area (Å²) < 4.78 is 10.8. The van der Waals surface area contributed by atoms with E-state index in [9.17, 15) is 0 Å². The van der Waals surface area contributed by atoms with E-state index in [2.05, 4.69) is 83.4 Å². The van der Waals surface area contributed by atoms with Gasteiger partial charge < -0.3 is 0 Å². The predicted molar refractivity (Wildman–Crippen MR) is 138 cm³/mol. The predicted octanol–water partition coefficient (Wildman–Crippen LogP) is 7.97. The van der Waals surface area contributed by atoms with Gasteiger partial charge in [0, 0.05) is 6.07 Å². The molecule has 0 aliphatic heterocycles. The molecule has 0 amide bonds. The van der Waals surface area contributed by atoms with Gasteiger partial charge in [0.1, 0.15) is 8.42 Å². The van der Waals surface area contributed by atoms with Gasteiger partial charge in [-0.3, -0.25) is 0 Å². The standard InChI is InChI=1S/C31H42N/c1-21-27(19-25(30(2,3)4)20-28(21)31(5,6)7)29-26-14-13-23(17-22-11-9-10-12-22)18-24(26)15-16-32(29)8/h13-16,18-20,22H,9-12,17H2,1-8H3/q+1/i16D. The van der Waals surface area contributed by atoms with Crippen molar-refractivity contribution in [2.75, 3.05) is 0 Å². The fraction of sp³-hybridized carbons (Fsp3) is 0.516. The fourth-order valence-corrected chi connectivity index (χ4v) is 5.53. The zero-order chi connectivity index (χ0) is 24.1. The van der Waals surface area contributed by atoms with Crippen molar-refractivity contribution in [1.29, 1.82) is 0 Å². The molecule has 0 radical (unpaired) electrons. The lowest BCUT2D eigenvalue weighted by Crippen LogP contribution is -2.31. The summed E-state index contributed by atoms with van der Waals surface area (Å²) in [5, 5.41) is 2.44. The number of aromatic nitrogens is 1. The van der Waals surface area contributed by atoms with E-state index >= 15 is 0 Å². The highest BCUT2D eigenvalue weighted by Gasteiger charge is 2.27. The molecule has 0 spiro atoms. The van der Waals surface area contributed by atoms with Gasteiger partial charge in [-0.05, 0) is 69.9 Å². The molecule has 170 valence electrons. The van der Waals surface area contributed by atoms with Gasteiger partial charge in [-0.15, -0.1) is 0 Å². The topological polar surface area (TPSA) is 3.88 Å². The van der Waals surface area contributed by atoms with E-state index in [0.717, 1.165) is 5.92 Å². The Hall–Kier alpha value is -2.15. The summed E-state index contributed by atoms with van der Waals surface area (Å²) in [6, 6.07) is 13.8. The van der Waals surface area contributed by atoms with Crippen molar-refractivity contribution in [2.45, 2.75) is 91.4 Å². The highest BCUT2D eigenvalue weighted by atomic mass is 14.9. The van der Waals surface area contributed by atoms with Crippen LogP contribution in [0.2, 0.25) is 0 Å². The van der Waals surface area contributed by atoms with Crippen LogP contribution < -0.4 is 4.57 Å². The minimum atomic E-state index is 0.0570. The monoisotopic (exact) mass is 429 g/mol. The first-order valence-corrected chi connectivity index (χ1v) is 12.4. The van der Waals surface area contributed by atoms with Crippen LogP contribution in [0.3, 0.4) is 0 Å². The van der Waals surface area contributed by atoms with Crippen LogP contribution in [-0.4, -0.2) is 0 Å². The average Bonchev–Trinajstić information content (AvgIpc) is 3.21. The Balaban J connectivity index is 1.96. The van der Waals surface area contributed by atoms with E-state index in [-0.39, 0.29) is 10.8 Å². The van der Waals surface area contributed by atoms with E-state index in [4.69, 9.17) is 1.37 Å². The first-order chi connectivity index (χ1) is 15.4. The van der Waals surface area contributed by atoms with Crippen molar-refractivity contribution in [3.05, 3.63) is 64.8 Å². The molecule has 1 aliphatic carbocycles. The van der Waals surface area contributed by atoms with Gasteiger partial charge in [0.25, 0.3) is 0 Å². The lowest BCUT2D eigenvalue weighted by molar-refractivity contribution is -0.659. The molecule has 32 heavy (non-hydrogen) atoms. The molecule has 1 nitrogen and oxygen atoms in total. The van der Waals surface area contributed by atoms with Crippen LogP contribution in [0.25, 0.3) is 22.0 Å². The third-order valence-corrected chi connectivity index (χ3v) is 7.46. The average molecular weight is 430 g/mol. The second-order valence-corrected chi connectivity index (χ2v) is 12.2. The Morgan fingerprint density at radius 2 is 1.62 bits per heavy atom. The Morgan fingerprint density at radius 3 is 2.25 bits per heavy atom. The van der Waals surface area contributed by atoms with Crippen LogP contribution in [0.5, 0.6) is 0 Å². The zero-order valence-corrected chi connectivity index (χ0v) is 21.5. The molecular formula is C31H42N+. The van der Waals surface area contributed by atoms with Gasteiger partial charge in [0.15, 0.2) is 6.17 Å². The van der Waals surface area contributed by atoms with E-state index in [1.54, 1.807) is 0 Å². The van der Waals surface area contributed by atoms with E-state index < -0.39 is 0 Å². The van der Waals surface area contributed by atoms with Gasteiger partial charge >= 0.3 is 0 Å². The van der Waals surface area contributed by atoms with Crippen molar-refractivity contribution in [2.24, 2.45) is 13.0 Å². The first-order valence-electron chi connectivity index (χ1n) is 12.9. The Morgan fingerprint density at radius 1 is 0.938 bits per heavy atom. The lowest BCUT2D eigenvalue weighted by atomic mass is 9.76. The number of rotatable bonds is 3. The SMILES string of the molecule is [2H]c1cc2cc(CC3CCCC3)ccc2c(-c2cc(C(C)(C)C)cc(C(C)(C)C)c2C)[n+]1C. The quantitative estimate of drug-likeness (QED) is 0.372. The summed E-state index contributed by atoms with van der Waals surface area (Å²) in [6.07, 6.45) is 7.24. The van der Waals surface area contributed by atoms with E-state index in [1.807, 2.05) is 13.1 Å². The number of nitrogens with zero attached hydrogens (tertiary/aromatic N) is 1. The first kappa shape index (κ1) is 21.7. The van der Waals surface area contributed by atoms with Crippen molar-refractivity contribution in [3.8, 4) is 11.3 Å². The van der Waals surface area contributed by atoms with Crippen LogP contribution >= 0.6 is 0 Å². The Kier molecular flexibility index (Phi) is 5.64. The Labute approximate surface area is 197 Å². The molecule has 0 unspecified atom stereocenters. The molecule has 2 aromatic carbocycles. The highest BCUT2D eigenvalue weighted by Crippen LogP contribution is 2.38. The highest BCUT2D eigenvalue weighted by molar-refractivity contribution is 5.94. The van der Waals surface area contributed by atoms with Gasteiger partial charge in [0.05, 0.1) is 10.9 Å². The largest absolute Gasteiger partial charge is 0.220 e. The lowest BCUT2D eigenvalue weighted by Gasteiger charge is -2.28. The molecule has 1 aromatic heterocycles. The third kappa shape index (κ3) is 4.49. The normalized spacial score (nSPS) is 16.1. The molecule has 0 atom stereocenters. The molecule has 1 fully saturated rings. The second kappa shape index (κ2) is 8.32. The van der Waals surface area contributed by atoms with Crippen LogP contribution in [0.1, 0.15) is 90.9 Å². The maximum Gasteiger partial charge on any atom is 0.220 e. The van der Waals surface area contributed by atoms with Crippen molar-refractivity contribution >= 4 is 10.8 Å². The molecule has 3 aromatic rings. The number of pyridine rings is 1. The molecule has 1 heteroatoms. The smallest absolute Gasteiger partial charge is 0.200 e. The molecule has 1 aliphatic rings. The van der Waals surface area contributed by atoms with Crippen molar-refractivity contribution < 1.29 is 5.94 Å². The molecule has 1 heterocycles. The van der Waals surface area contributed by atoms with Gasteiger partial charge in [-0.2, -0.15) is 0 Å². The summed E-state index contributed by atoms with van der Waals surface area (Å²) in [5.41, 5.74) is 8.04. The Bertz CT molecular complexity index is 1180. The van der Waals surface area contributed by atoms with Crippen LogP contribution in [0, 0.1) is 12.8 Å². The van der Waals surface area contributed by atoms with E-state index in [1.165, 1.54) is 76.4 Å². The molecule has 1 saturated carbocycles. The zero-order valence-electron chi connectivity index (χ0n) is 22.5. The van der Waals surface area contributed by atoms with Crippen LogP contribution in [0.4, 0.5) is 0 Å². The van der Waals surface area contributed by atoms with E-state index in [0.29, 0.717) is 6.17 Å². The second-order valence-electron chi connectivity index (χ2n) is 12.2. The van der Waals surface area contributed by atoms with Gasteiger partial charge in [-0.25, -0.2) is 4.57 Å². The minimum absolute atomic E-state index is 0.0570. The summed E-state index contributed by atoms with van der Waals surface area (Å²) in [6.45, 7) is 16.1. The number of benzene rings is 2. The van der Waals surface area contributed by atoms with Crippen molar-refractivity contribution in [1.82, 2.24) is 0 Å². The summed E-state index contributed by atoms with van der Waals surface area (Å²) >= 11 is 0. The van der Waals surface area contributed by atoms with Crippen LogP contribution in [-0.2, 0) is 24.3 Å². The molecule has 0 bridgehead atoms. The van der Waals surface area contributed by atoms with Gasteiger partial charge in [0.2, 0.25) is 5.69 Å². The van der Waals surface area contributed by atoms with Crippen molar-refractivity contribution in [3.63, 3.8) is 0 Å². The number of fused-ring (bicyclic) bond motifs is 1. The summed E-state index contributed by atoms with van der Waals surface area (Å²) in [4.78, 5) is 0. The molecule has 0 saturated heterocycles. The van der Waals surface area contributed by atoms with Gasteiger partial charge in [-0.1, -0.05) is 85.4 Å². The molecular weight excluding hydrogens is 386 g/mol. The minimum Gasteiger partial charge on any atom is -0.200 e. The van der Waals surface area contributed by atoms with Crippen LogP contribution in [0.15, 0.2) is 42.6 Å². The number of hydrogen-bond acceptors (Lipinski definition) is 0. The summed E-state index contributed by atoms with van der Waals surface area (Å²) in [5.74, 6) is 0.831. The molecule has 4 rings (SSSR count). The number of hydrogen-bond donors (Lipinski definition) is 0. The summed E-state index contributed by atoms with van der Waals surface area (Å²) in [7, 11) is 2.05.